The molecule has 0 aliphatic heterocycles. The average molecular weight is 768 g/mol. The Balaban J connectivity index is 4.04. The van der Waals surface area contributed by atoms with Gasteiger partial charge in [-0.05, 0) is 70.6 Å². The molecule has 0 saturated carbocycles. The van der Waals surface area contributed by atoms with E-state index in [1.54, 1.807) is 0 Å². The van der Waals surface area contributed by atoms with Gasteiger partial charge in [0.05, 0.1) is 19.8 Å². The van der Waals surface area contributed by atoms with Crippen LogP contribution in [0.4, 0.5) is 0 Å². The topological polar surface area (TPSA) is 117 Å². The lowest BCUT2D eigenvalue weighted by Crippen LogP contribution is -2.28. The van der Waals surface area contributed by atoms with E-state index in [0.29, 0.717) is 13.0 Å². The Morgan fingerprint density at radius 1 is 0.585 bits per heavy atom. The van der Waals surface area contributed by atoms with E-state index in [4.69, 9.17) is 24.3 Å². The molecule has 0 rings (SSSR count). The summed E-state index contributed by atoms with van der Waals surface area (Å²) >= 11 is 0. The molecule has 9 heteroatoms. The van der Waals surface area contributed by atoms with Crippen LogP contribution in [-0.2, 0) is 27.9 Å². The van der Waals surface area contributed by atoms with Crippen LogP contribution in [0.25, 0.3) is 0 Å². The standard InChI is InChI=1S/C44H82NO7P/c1-3-5-7-9-11-13-15-17-19-20-21-22-24-26-28-30-32-34-36-39-49-41-43(42-51-53(47,48)50-40-38-45)52-44(46)37-35-33-31-29-27-25-23-18-16-14-12-10-8-6-4-2/h6,8,12,14,18-20,23,43H,3-5,7,9-11,13,15-17,21-22,24-42,45H2,1-2H3,(H,47,48)/b8-6-,14-12-,20-19-,23-18-. The predicted octanol–water partition coefficient (Wildman–Crippen LogP) is 12.8. The molecule has 8 nitrogen and oxygen atoms in total. The molecule has 0 aromatic heterocycles. The predicted molar refractivity (Wildman–Crippen MR) is 224 cm³/mol. The lowest BCUT2D eigenvalue weighted by Gasteiger charge is -2.20. The van der Waals surface area contributed by atoms with Gasteiger partial charge in [-0.2, -0.15) is 0 Å². The lowest BCUT2D eigenvalue weighted by molar-refractivity contribution is -0.154. The van der Waals surface area contributed by atoms with Crippen LogP contribution in [0, 0.1) is 0 Å². The van der Waals surface area contributed by atoms with E-state index >= 15 is 0 Å². The highest BCUT2D eigenvalue weighted by Gasteiger charge is 2.25. The lowest BCUT2D eigenvalue weighted by atomic mass is 10.1. The molecule has 0 aliphatic rings. The third-order valence-electron chi connectivity index (χ3n) is 8.98. The Morgan fingerprint density at radius 2 is 1.06 bits per heavy atom. The average Bonchev–Trinajstić information content (AvgIpc) is 3.15. The number of nitrogens with two attached hydrogens (primary N) is 1. The largest absolute Gasteiger partial charge is 0.472 e. The van der Waals surface area contributed by atoms with Crippen molar-refractivity contribution in [3.8, 4) is 0 Å². The van der Waals surface area contributed by atoms with Crippen LogP contribution in [-0.4, -0.2) is 49.9 Å². The normalized spacial score (nSPS) is 14.0. The number of phosphoric ester groups is 1. The van der Waals surface area contributed by atoms with Crippen molar-refractivity contribution in [1.29, 1.82) is 0 Å². The molecule has 0 saturated heterocycles. The number of hydrogen-bond acceptors (Lipinski definition) is 7. The molecule has 53 heavy (non-hydrogen) atoms. The molecule has 0 aromatic carbocycles. The van der Waals surface area contributed by atoms with E-state index in [9.17, 15) is 14.3 Å². The van der Waals surface area contributed by atoms with Gasteiger partial charge in [-0.3, -0.25) is 13.8 Å². The van der Waals surface area contributed by atoms with Crippen LogP contribution < -0.4 is 5.73 Å². The summed E-state index contributed by atoms with van der Waals surface area (Å²) in [4.78, 5) is 22.5. The van der Waals surface area contributed by atoms with Crippen molar-refractivity contribution in [3.05, 3.63) is 48.6 Å². The summed E-state index contributed by atoms with van der Waals surface area (Å²) < 4.78 is 33.4. The van der Waals surface area contributed by atoms with E-state index in [1.807, 2.05) is 0 Å². The second kappa shape index (κ2) is 41.6. The highest BCUT2D eigenvalue weighted by atomic mass is 31.2. The van der Waals surface area contributed by atoms with Gasteiger partial charge >= 0.3 is 13.8 Å². The quantitative estimate of drug-likeness (QED) is 0.0273. The van der Waals surface area contributed by atoms with Crippen molar-refractivity contribution >= 4 is 13.8 Å². The molecule has 310 valence electrons. The second-order valence-electron chi connectivity index (χ2n) is 14.2. The Bertz CT molecular complexity index is 952. The Morgan fingerprint density at radius 3 is 1.60 bits per heavy atom. The number of carbonyl (C=O) groups excluding carboxylic acids is 1. The van der Waals surface area contributed by atoms with Crippen molar-refractivity contribution in [2.24, 2.45) is 5.73 Å². The fraction of sp³-hybridized carbons (Fsp3) is 0.795. The van der Waals surface area contributed by atoms with Gasteiger partial charge < -0.3 is 20.1 Å². The van der Waals surface area contributed by atoms with Gasteiger partial charge in [0, 0.05) is 19.6 Å². The summed E-state index contributed by atoms with van der Waals surface area (Å²) in [5, 5.41) is 0. The maximum absolute atomic E-state index is 12.6. The molecule has 2 unspecified atom stereocenters. The van der Waals surface area contributed by atoms with Gasteiger partial charge in [0.1, 0.15) is 6.10 Å². The minimum Gasteiger partial charge on any atom is -0.457 e. The maximum Gasteiger partial charge on any atom is 0.472 e. The number of carbonyl (C=O) groups is 1. The fourth-order valence-corrected chi connectivity index (χ4v) is 6.59. The van der Waals surface area contributed by atoms with E-state index in [0.717, 1.165) is 70.6 Å². The number of phosphoric acid groups is 1. The first-order valence-electron chi connectivity index (χ1n) is 21.6. The van der Waals surface area contributed by atoms with Gasteiger partial charge in [-0.1, -0.05) is 159 Å². The SMILES string of the molecule is CC/C=C\C/C=C\C/C=C\CCCCCCCC(=O)OC(COCCCCCCCCCC/C=C\CCCCCCCCC)COP(=O)(O)OCCN. The fourth-order valence-electron chi connectivity index (χ4n) is 5.83. The van der Waals surface area contributed by atoms with Crippen LogP contribution in [0.2, 0.25) is 0 Å². The van der Waals surface area contributed by atoms with Gasteiger partial charge in [0.15, 0.2) is 0 Å². The smallest absolute Gasteiger partial charge is 0.457 e. The van der Waals surface area contributed by atoms with Crippen LogP contribution in [0.3, 0.4) is 0 Å². The summed E-state index contributed by atoms with van der Waals surface area (Å²) in [6.07, 6.45) is 48.4. The summed E-state index contributed by atoms with van der Waals surface area (Å²) in [5.41, 5.74) is 5.37. The minimum absolute atomic E-state index is 0.0954. The van der Waals surface area contributed by atoms with Crippen molar-refractivity contribution in [2.45, 2.75) is 193 Å². The zero-order valence-corrected chi connectivity index (χ0v) is 35.1. The number of allylic oxidation sites excluding steroid dienone is 8. The third-order valence-corrected chi connectivity index (χ3v) is 9.96. The number of esters is 1. The molecule has 3 N–H and O–H groups in total. The van der Waals surface area contributed by atoms with Crippen molar-refractivity contribution in [3.63, 3.8) is 0 Å². The monoisotopic (exact) mass is 768 g/mol. The highest BCUT2D eigenvalue weighted by Crippen LogP contribution is 2.43. The molecule has 0 spiro atoms. The molecular formula is C44H82NO7P. The molecule has 2 atom stereocenters. The van der Waals surface area contributed by atoms with Gasteiger partial charge in [0.2, 0.25) is 0 Å². The molecule has 0 heterocycles. The summed E-state index contributed by atoms with van der Waals surface area (Å²) in [6, 6.07) is 0. The van der Waals surface area contributed by atoms with Crippen LogP contribution in [0.15, 0.2) is 48.6 Å². The molecular weight excluding hydrogens is 685 g/mol. The Hall–Kier alpha value is -1.54. The summed E-state index contributed by atoms with van der Waals surface area (Å²) in [5.74, 6) is -0.349. The molecule has 0 bridgehead atoms. The van der Waals surface area contributed by atoms with E-state index in [2.05, 4.69) is 62.5 Å². The first-order chi connectivity index (χ1) is 25.9. The Labute approximate surface area is 326 Å². The van der Waals surface area contributed by atoms with Crippen molar-refractivity contribution in [1.82, 2.24) is 0 Å². The second-order valence-corrected chi connectivity index (χ2v) is 15.6. The summed E-state index contributed by atoms with van der Waals surface area (Å²) in [7, 11) is -4.28. The number of hydrogen-bond donors (Lipinski definition) is 2. The Kier molecular flexibility index (Phi) is 40.4. The van der Waals surface area contributed by atoms with Gasteiger partial charge in [0.25, 0.3) is 0 Å². The van der Waals surface area contributed by atoms with E-state index in [1.165, 1.54) is 96.3 Å². The van der Waals surface area contributed by atoms with Gasteiger partial charge in [-0.15, -0.1) is 0 Å². The van der Waals surface area contributed by atoms with Crippen LogP contribution in [0.5, 0.6) is 0 Å². The van der Waals surface area contributed by atoms with Crippen molar-refractivity contribution < 1.29 is 32.8 Å². The van der Waals surface area contributed by atoms with E-state index < -0.39 is 13.9 Å². The van der Waals surface area contributed by atoms with Crippen molar-refractivity contribution in [2.75, 3.05) is 33.0 Å². The first-order valence-corrected chi connectivity index (χ1v) is 23.1. The van der Waals surface area contributed by atoms with E-state index in [-0.39, 0.29) is 32.3 Å². The molecule has 0 aromatic rings. The third kappa shape index (κ3) is 41.5. The number of rotatable bonds is 41. The van der Waals surface area contributed by atoms with Gasteiger partial charge in [-0.25, -0.2) is 4.57 Å². The number of unbranched alkanes of at least 4 members (excludes halogenated alkanes) is 20. The van der Waals surface area contributed by atoms with Crippen LogP contribution >= 0.6 is 7.82 Å². The zero-order valence-electron chi connectivity index (χ0n) is 34.2. The van der Waals surface area contributed by atoms with Crippen LogP contribution in [0.1, 0.15) is 187 Å². The molecule has 0 radical (unpaired) electrons. The number of ether oxygens (including phenoxy) is 2. The molecule has 0 fully saturated rings. The first kappa shape index (κ1) is 51.5. The zero-order chi connectivity index (χ0) is 38.8. The maximum atomic E-state index is 12.6. The summed E-state index contributed by atoms with van der Waals surface area (Å²) in [6.45, 7) is 4.78. The highest BCUT2D eigenvalue weighted by molar-refractivity contribution is 7.47. The molecule has 0 aliphatic carbocycles. The molecule has 0 amide bonds. The minimum atomic E-state index is -4.28.